The number of aromatic nitrogens is 2. The van der Waals surface area contributed by atoms with E-state index in [2.05, 4.69) is 24.3 Å². The minimum absolute atomic E-state index is 0.0194. The normalized spacial score (nSPS) is 11.1. The van der Waals surface area contributed by atoms with Gasteiger partial charge in [-0.05, 0) is 37.5 Å². The maximum Gasteiger partial charge on any atom is 0.359 e. The highest BCUT2D eigenvalue weighted by Gasteiger charge is 2.23. The number of hydrogen-bond donors (Lipinski definition) is 1. The van der Waals surface area contributed by atoms with Crippen molar-refractivity contribution < 1.29 is 19.1 Å². The first-order valence-electron chi connectivity index (χ1n) is 10.1. The van der Waals surface area contributed by atoms with Crippen molar-refractivity contribution in [3.8, 4) is 5.69 Å². The van der Waals surface area contributed by atoms with Crippen molar-refractivity contribution in [2.24, 2.45) is 0 Å². The molecule has 164 valence electrons. The second-order valence-corrected chi connectivity index (χ2v) is 7.95. The van der Waals surface area contributed by atoms with E-state index < -0.39 is 11.5 Å². The molecule has 3 rings (SSSR count). The van der Waals surface area contributed by atoms with Gasteiger partial charge in [0, 0.05) is 17.4 Å². The van der Waals surface area contributed by atoms with Crippen molar-refractivity contribution in [1.82, 2.24) is 9.78 Å². The average Bonchev–Trinajstić information content (AvgIpc) is 3.16. The molecule has 0 spiro atoms. The van der Waals surface area contributed by atoms with Crippen LogP contribution < -0.4 is 10.9 Å². The Labute approximate surface area is 183 Å². The van der Waals surface area contributed by atoms with Gasteiger partial charge < -0.3 is 14.8 Å². The number of fused-ring (bicyclic) bond motifs is 1. The molecule has 31 heavy (non-hydrogen) atoms. The first-order valence-corrected chi connectivity index (χ1v) is 10.9. The fourth-order valence-corrected chi connectivity index (χ4v) is 3.98. The Bertz CT molecular complexity index is 1150. The third-order valence-electron chi connectivity index (χ3n) is 4.62. The van der Waals surface area contributed by atoms with Crippen LogP contribution in [0.2, 0.25) is 0 Å². The zero-order valence-corrected chi connectivity index (χ0v) is 18.7. The molecule has 3 aromatic rings. The number of ether oxygens (including phenoxy) is 2. The average molecular weight is 444 g/mol. The second-order valence-electron chi connectivity index (χ2n) is 7.07. The number of amides is 1. The molecule has 0 atom stereocenters. The fourth-order valence-electron chi connectivity index (χ4n) is 3.02. The van der Waals surface area contributed by atoms with E-state index in [1.54, 1.807) is 31.4 Å². The summed E-state index contributed by atoms with van der Waals surface area (Å²) in [6.45, 7) is 8.08. The third kappa shape index (κ3) is 4.83. The third-order valence-corrected chi connectivity index (χ3v) is 5.51. The molecule has 2 heterocycles. The lowest BCUT2D eigenvalue weighted by atomic mass is 10.0. The number of carbonyl (C=O) groups is 2. The lowest BCUT2D eigenvalue weighted by Crippen LogP contribution is -2.26. The van der Waals surface area contributed by atoms with Crippen LogP contribution in [-0.4, -0.2) is 41.5 Å². The molecule has 8 nitrogen and oxygen atoms in total. The lowest BCUT2D eigenvalue weighted by molar-refractivity contribution is -0.120. The topological polar surface area (TPSA) is 99.5 Å². The number of anilines is 1. The summed E-state index contributed by atoms with van der Waals surface area (Å²) in [5.41, 5.74) is 1.21. The summed E-state index contributed by atoms with van der Waals surface area (Å²) in [5, 5.41) is 9.52. The first-order chi connectivity index (χ1) is 14.9. The van der Waals surface area contributed by atoms with Crippen LogP contribution in [0.4, 0.5) is 5.00 Å². The van der Waals surface area contributed by atoms with E-state index >= 15 is 0 Å². The van der Waals surface area contributed by atoms with Gasteiger partial charge in [0.1, 0.15) is 11.6 Å². The highest BCUT2D eigenvalue weighted by Crippen LogP contribution is 2.30. The van der Waals surface area contributed by atoms with Gasteiger partial charge in [0.05, 0.1) is 17.7 Å². The van der Waals surface area contributed by atoms with Gasteiger partial charge in [-0.3, -0.25) is 9.59 Å². The van der Waals surface area contributed by atoms with Crippen LogP contribution in [0.3, 0.4) is 0 Å². The summed E-state index contributed by atoms with van der Waals surface area (Å²) in [5.74, 6) is -0.683. The summed E-state index contributed by atoms with van der Waals surface area (Å²) >= 11 is 1.15. The van der Waals surface area contributed by atoms with Crippen molar-refractivity contribution >= 4 is 39.0 Å². The number of hydrogen-bond acceptors (Lipinski definition) is 7. The molecule has 0 radical (unpaired) electrons. The SMILES string of the molecule is CCOCC(=O)Nc1scc2c(C(=O)OCC)nn(-c3ccc(C(C)C)cc3)c(=O)c12. The minimum atomic E-state index is -0.634. The van der Waals surface area contributed by atoms with Crippen molar-refractivity contribution in [2.45, 2.75) is 33.6 Å². The molecule has 0 unspecified atom stereocenters. The van der Waals surface area contributed by atoms with E-state index in [1.165, 1.54) is 4.68 Å². The van der Waals surface area contributed by atoms with Crippen LogP contribution in [0.5, 0.6) is 0 Å². The molecule has 0 aliphatic rings. The molecule has 1 aromatic carbocycles. The Hall–Kier alpha value is -3.04. The molecule has 0 saturated carbocycles. The Morgan fingerprint density at radius 2 is 1.87 bits per heavy atom. The summed E-state index contributed by atoms with van der Waals surface area (Å²) in [6, 6.07) is 7.40. The van der Waals surface area contributed by atoms with Crippen molar-refractivity contribution in [2.75, 3.05) is 25.1 Å². The van der Waals surface area contributed by atoms with E-state index in [1.807, 2.05) is 12.1 Å². The number of thiophene rings is 1. The summed E-state index contributed by atoms with van der Waals surface area (Å²) in [4.78, 5) is 38.1. The van der Waals surface area contributed by atoms with E-state index in [0.29, 0.717) is 28.6 Å². The Kier molecular flexibility index (Phi) is 7.19. The van der Waals surface area contributed by atoms with Gasteiger partial charge in [0.2, 0.25) is 0 Å². The fraction of sp³-hybridized carbons (Fsp3) is 0.364. The van der Waals surface area contributed by atoms with E-state index in [4.69, 9.17) is 9.47 Å². The van der Waals surface area contributed by atoms with Crippen LogP contribution in [0.1, 0.15) is 49.7 Å². The number of esters is 1. The van der Waals surface area contributed by atoms with Gasteiger partial charge in [-0.15, -0.1) is 11.3 Å². The summed E-state index contributed by atoms with van der Waals surface area (Å²) in [7, 11) is 0. The molecule has 0 aliphatic heterocycles. The smallest absolute Gasteiger partial charge is 0.359 e. The van der Waals surface area contributed by atoms with Gasteiger partial charge in [0.15, 0.2) is 5.69 Å². The predicted molar refractivity (Wildman–Crippen MR) is 120 cm³/mol. The standard InChI is InChI=1S/C22H25N3O5S/c1-5-29-11-17(26)23-20-18-16(12-31-20)19(22(28)30-6-2)24-25(21(18)27)15-9-7-14(8-10-15)13(3)4/h7-10,12-13H,5-6,11H2,1-4H3,(H,23,26). The minimum Gasteiger partial charge on any atom is -0.461 e. The highest BCUT2D eigenvalue weighted by molar-refractivity contribution is 7.16. The van der Waals surface area contributed by atoms with E-state index in [9.17, 15) is 14.4 Å². The van der Waals surface area contributed by atoms with Crippen molar-refractivity contribution in [3.63, 3.8) is 0 Å². The molecule has 0 bridgehead atoms. The quantitative estimate of drug-likeness (QED) is 0.533. The number of rotatable bonds is 8. The first kappa shape index (κ1) is 22.6. The molecule has 0 fully saturated rings. The van der Waals surface area contributed by atoms with Gasteiger partial charge >= 0.3 is 5.97 Å². The van der Waals surface area contributed by atoms with Crippen LogP contribution in [0.25, 0.3) is 16.5 Å². The van der Waals surface area contributed by atoms with Crippen LogP contribution in [-0.2, 0) is 14.3 Å². The largest absolute Gasteiger partial charge is 0.461 e. The number of carbonyl (C=O) groups excluding carboxylic acids is 2. The molecule has 9 heteroatoms. The van der Waals surface area contributed by atoms with Crippen molar-refractivity contribution in [3.05, 3.63) is 51.3 Å². The van der Waals surface area contributed by atoms with Crippen LogP contribution in [0, 0.1) is 0 Å². The lowest BCUT2D eigenvalue weighted by Gasteiger charge is -2.11. The summed E-state index contributed by atoms with van der Waals surface area (Å²) in [6.07, 6.45) is 0. The predicted octanol–water partition coefficient (Wildman–Crippen LogP) is 3.72. The molecular weight excluding hydrogens is 418 g/mol. The van der Waals surface area contributed by atoms with Gasteiger partial charge in [-0.1, -0.05) is 26.0 Å². The molecule has 2 aromatic heterocycles. The van der Waals surface area contributed by atoms with Gasteiger partial charge in [0.25, 0.3) is 11.5 Å². The van der Waals surface area contributed by atoms with Crippen LogP contribution in [0.15, 0.2) is 34.4 Å². The summed E-state index contributed by atoms with van der Waals surface area (Å²) < 4.78 is 11.4. The maximum atomic E-state index is 13.3. The number of nitrogens with one attached hydrogen (secondary N) is 1. The zero-order valence-electron chi connectivity index (χ0n) is 17.9. The Morgan fingerprint density at radius 1 is 1.16 bits per heavy atom. The Balaban J connectivity index is 2.16. The monoisotopic (exact) mass is 443 g/mol. The van der Waals surface area contributed by atoms with Gasteiger partial charge in [-0.25, -0.2) is 4.79 Å². The second kappa shape index (κ2) is 9.84. The highest BCUT2D eigenvalue weighted by atomic mass is 32.1. The Morgan fingerprint density at radius 3 is 2.48 bits per heavy atom. The molecule has 1 N–H and O–H groups in total. The van der Waals surface area contributed by atoms with Crippen LogP contribution >= 0.6 is 11.3 Å². The molecule has 0 aliphatic carbocycles. The zero-order chi connectivity index (χ0) is 22.5. The van der Waals surface area contributed by atoms with E-state index in [-0.39, 0.29) is 30.2 Å². The number of benzene rings is 1. The maximum absolute atomic E-state index is 13.3. The van der Waals surface area contributed by atoms with E-state index in [0.717, 1.165) is 16.9 Å². The molecule has 0 saturated heterocycles. The van der Waals surface area contributed by atoms with Crippen molar-refractivity contribution in [1.29, 1.82) is 0 Å². The molecule has 1 amide bonds. The van der Waals surface area contributed by atoms with Gasteiger partial charge in [-0.2, -0.15) is 9.78 Å². The number of nitrogens with zero attached hydrogens (tertiary/aromatic N) is 2. The molecular formula is C22H25N3O5S.